The molecule has 0 saturated heterocycles. The van der Waals surface area contributed by atoms with Gasteiger partial charge in [-0.3, -0.25) is 0 Å². The Morgan fingerprint density at radius 1 is 1.07 bits per heavy atom. The number of pyridine rings is 1. The van der Waals surface area contributed by atoms with E-state index in [4.69, 9.17) is 16.3 Å². The van der Waals surface area contributed by atoms with Crippen molar-refractivity contribution in [3.05, 3.63) is 77.3 Å². The first kappa shape index (κ1) is 19.0. The number of anilines is 1. The first-order valence-corrected chi connectivity index (χ1v) is 9.53. The van der Waals surface area contributed by atoms with Crippen LogP contribution in [0.3, 0.4) is 0 Å². The first-order valence-electron chi connectivity index (χ1n) is 9.15. The molecule has 29 heavy (non-hydrogen) atoms. The summed E-state index contributed by atoms with van der Waals surface area (Å²) in [4.78, 5) is 16.7. The van der Waals surface area contributed by atoms with Crippen LogP contribution in [0.2, 0.25) is 5.02 Å². The Kier molecular flexibility index (Phi) is 5.23. The molecule has 5 nitrogen and oxygen atoms in total. The third kappa shape index (κ3) is 3.96. The molecule has 1 heterocycles. The first-order chi connectivity index (χ1) is 14.0. The van der Waals surface area contributed by atoms with E-state index in [1.54, 1.807) is 19.2 Å². The molecule has 0 radical (unpaired) electrons. The molecule has 0 bridgehead atoms. The van der Waals surface area contributed by atoms with Crippen LogP contribution in [-0.4, -0.2) is 29.2 Å². The number of carboxylic acid groups (broad SMARTS) is 1. The zero-order valence-electron chi connectivity index (χ0n) is 15.7. The number of carboxylic acids is 1. The number of rotatable bonds is 6. The van der Waals surface area contributed by atoms with Crippen molar-refractivity contribution in [3.63, 3.8) is 0 Å². The van der Waals surface area contributed by atoms with Crippen molar-refractivity contribution < 1.29 is 14.6 Å². The summed E-state index contributed by atoms with van der Waals surface area (Å²) in [5.41, 5.74) is 3.06. The van der Waals surface area contributed by atoms with Crippen LogP contribution in [0.4, 0.5) is 5.69 Å². The van der Waals surface area contributed by atoms with Crippen LogP contribution in [0.1, 0.15) is 5.56 Å². The highest BCUT2D eigenvalue weighted by Gasteiger charge is 2.21. The van der Waals surface area contributed by atoms with Gasteiger partial charge < -0.3 is 15.2 Å². The van der Waals surface area contributed by atoms with Crippen LogP contribution in [0.15, 0.2) is 66.7 Å². The third-order valence-corrected chi connectivity index (χ3v) is 5.08. The van der Waals surface area contributed by atoms with E-state index in [1.165, 1.54) is 0 Å². The molecule has 0 amide bonds. The SMILES string of the molecule is COc1ccc2nc3cc(Cl)ccc3c(N[C@H](Cc3ccccc3)C(=O)O)c2c1. The summed E-state index contributed by atoms with van der Waals surface area (Å²) in [5.74, 6) is -0.255. The minimum atomic E-state index is -0.927. The Balaban J connectivity index is 1.87. The number of hydrogen-bond donors (Lipinski definition) is 2. The predicted octanol–water partition coefficient (Wildman–Crippen LogP) is 5.16. The molecule has 1 atom stereocenters. The molecule has 1 aromatic heterocycles. The number of nitrogens with zero attached hydrogens (tertiary/aromatic N) is 1. The zero-order chi connectivity index (χ0) is 20.4. The summed E-state index contributed by atoms with van der Waals surface area (Å²) in [6, 6.07) is 19.7. The van der Waals surface area contributed by atoms with Gasteiger partial charge in [0.2, 0.25) is 0 Å². The summed E-state index contributed by atoms with van der Waals surface area (Å²) in [5, 5.41) is 15.3. The van der Waals surface area contributed by atoms with E-state index in [0.717, 1.165) is 21.9 Å². The molecule has 0 aliphatic heterocycles. The lowest BCUT2D eigenvalue weighted by molar-refractivity contribution is -0.137. The average Bonchev–Trinajstić information content (AvgIpc) is 2.73. The fraction of sp³-hybridized carbons (Fsp3) is 0.130. The molecule has 4 rings (SSSR count). The molecule has 0 unspecified atom stereocenters. The van der Waals surface area contributed by atoms with Gasteiger partial charge in [-0.1, -0.05) is 41.9 Å². The number of ether oxygens (including phenoxy) is 1. The van der Waals surface area contributed by atoms with Gasteiger partial charge in [0.1, 0.15) is 11.8 Å². The number of aliphatic carboxylic acids is 1. The lowest BCUT2D eigenvalue weighted by Gasteiger charge is -2.19. The zero-order valence-corrected chi connectivity index (χ0v) is 16.5. The Bertz CT molecular complexity index is 1200. The number of fused-ring (bicyclic) bond motifs is 2. The van der Waals surface area contributed by atoms with Crippen LogP contribution >= 0.6 is 11.6 Å². The lowest BCUT2D eigenvalue weighted by Crippen LogP contribution is -2.31. The highest BCUT2D eigenvalue weighted by Crippen LogP contribution is 2.34. The molecule has 3 aromatic carbocycles. The third-order valence-electron chi connectivity index (χ3n) is 4.84. The molecule has 146 valence electrons. The molecule has 4 aromatic rings. The monoisotopic (exact) mass is 406 g/mol. The molecule has 0 saturated carbocycles. The Labute approximate surface area is 172 Å². The molecular formula is C23H19ClN2O3. The highest BCUT2D eigenvalue weighted by molar-refractivity contribution is 6.31. The van der Waals surface area contributed by atoms with Crippen molar-refractivity contribution in [1.29, 1.82) is 0 Å². The molecule has 6 heteroatoms. The number of methoxy groups -OCH3 is 1. The average molecular weight is 407 g/mol. The van der Waals surface area contributed by atoms with Crippen molar-refractivity contribution in [3.8, 4) is 5.75 Å². The summed E-state index contributed by atoms with van der Waals surface area (Å²) in [6.07, 6.45) is 0.346. The van der Waals surface area contributed by atoms with Gasteiger partial charge in [0.05, 0.1) is 23.8 Å². The smallest absolute Gasteiger partial charge is 0.326 e. The largest absolute Gasteiger partial charge is 0.497 e. The Morgan fingerprint density at radius 2 is 1.86 bits per heavy atom. The molecule has 0 fully saturated rings. The number of benzene rings is 3. The van der Waals surface area contributed by atoms with Crippen LogP contribution in [0.25, 0.3) is 21.8 Å². The molecule has 0 spiro atoms. The van der Waals surface area contributed by atoms with Gasteiger partial charge in [0.25, 0.3) is 0 Å². The van der Waals surface area contributed by atoms with Crippen molar-refractivity contribution in [2.45, 2.75) is 12.5 Å². The molecule has 0 aliphatic carbocycles. The predicted molar refractivity (Wildman–Crippen MR) is 116 cm³/mol. The van der Waals surface area contributed by atoms with Gasteiger partial charge >= 0.3 is 5.97 Å². The standard InChI is InChI=1S/C23H19ClN2O3/c1-29-16-8-10-19-18(13-16)22(17-9-7-15(24)12-20(17)25-19)26-21(23(27)28)11-14-5-3-2-4-6-14/h2-10,12-13,21H,11H2,1H3,(H,25,26)(H,27,28)/t21-/m1/s1. The van der Waals surface area contributed by atoms with E-state index < -0.39 is 12.0 Å². The topological polar surface area (TPSA) is 71.5 Å². The number of hydrogen-bond acceptors (Lipinski definition) is 4. The maximum atomic E-state index is 12.0. The van der Waals surface area contributed by atoms with Crippen molar-refractivity contribution in [2.24, 2.45) is 0 Å². The second-order valence-corrected chi connectivity index (χ2v) is 7.19. The van der Waals surface area contributed by atoms with Gasteiger partial charge in [0.15, 0.2) is 0 Å². The second kappa shape index (κ2) is 7.97. The van der Waals surface area contributed by atoms with E-state index in [0.29, 0.717) is 28.4 Å². The van der Waals surface area contributed by atoms with Gasteiger partial charge in [-0.05, 0) is 42.0 Å². The molecule has 2 N–H and O–H groups in total. The molecular weight excluding hydrogens is 388 g/mol. The van der Waals surface area contributed by atoms with Crippen LogP contribution in [0, 0.1) is 0 Å². The number of nitrogens with one attached hydrogen (secondary N) is 1. The van der Waals surface area contributed by atoms with E-state index >= 15 is 0 Å². The summed E-state index contributed by atoms with van der Waals surface area (Å²) in [6.45, 7) is 0. The quantitative estimate of drug-likeness (QED) is 0.433. The van der Waals surface area contributed by atoms with Crippen molar-refractivity contribution in [2.75, 3.05) is 12.4 Å². The Morgan fingerprint density at radius 3 is 2.59 bits per heavy atom. The summed E-state index contributed by atoms with van der Waals surface area (Å²) < 4.78 is 5.36. The minimum absolute atomic E-state index is 0.346. The minimum Gasteiger partial charge on any atom is -0.497 e. The van der Waals surface area contributed by atoms with Gasteiger partial charge in [-0.15, -0.1) is 0 Å². The fourth-order valence-electron chi connectivity index (χ4n) is 3.40. The maximum absolute atomic E-state index is 12.0. The van der Waals surface area contributed by atoms with E-state index in [2.05, 4.69) is 10.3 Å². The lowest BCUT2D eigenvalue weighted by atomic mass is 10.0. The van der Waals surface area contributed by atoms with Crippen molar-refractivity contribution >= 4 is 45.1 Å². The van der Waals surface area contributed by atoms with Gasteiger partial charge in [0, 0.05) is 22.2 Å². The van der Waals surface area contributed by atoms with E-state index in [1.807, 2.05) is 54.6 Å². The fourth-order valence-corrected chi connectivity index (χ4v) is 3.57. The van der Waals surface area contributed by atoms with Crippen LogP contribution in [0.5, 0.6) is 5.75 Å². The second-order valence-electron chi connectivity index (χ2n) is 6.76. The number of carbonyl (C=O) groups is 1. The normalized spacial score (nSPS) is 12.1. The number of halogens is 1. The summed E-state index contributed by atoms with van der Waals surface area (Å²) >= 11 is 6.16. The Hall–Kier alpha value is -3.31. The summed E-state index contributed by atoms with van der Waals surface area (Å²) in [7, 11) is 1.60. The van der Waals surface area contributed by atoms with Crippen LogP contribution in [-0.2, 0) is 11.2 Å². The highest BCUT2D eigenvalue weighted by atomic mass is 35.5. The van der Waals surface area contributed by atoms with Crippen molar-refractivity contribution in [1.82, 2.24) is 4.98 Å². The van der Waals surface area contributed by atoms with Gasteiger partial charge in [-0.25, -0.2) is 9.78 Å². The van der Waals surface area contributed by atoms with Gasteiger partial charge in [-0.2, -0.15) is 0 Å². The number of aromatic nitrogens is 1. The van der Waals surface area contributed by atoms with E-state index in [9.17, 15) is 9.90 Å². The van der Waals surface area contributed by atoms with E-state index in [-0.39, 0.29) is 0 Å². The maximum Gasteiger partial charge on any atom is 0.326 e. The molecule has 0 aliphatic rings. The van der Waals surface area contributed by atoms with Crippen LogP contribution < -0.4 is 10.1 Å².